The van der Waals surface area contributed by atoms with Gasteiger partial charge < -0.3 is 5.73 Å². The Hall–Kier alpha value is -0.450. The number of hydrogen-bond donors (Lipinski definition) is 1. The van der Waals surface area contributed by atoms with Gasteiger partial charge in [0.05, 0.1) is 5.56 Å². The predicted molar refractivity (Wildman–Crippen MR) is 56.3 cm³/mol. The van der Waals surface area contributed by atoms with Crippen LogP contribution >= 0.6 is 24.0 Å². The number of rotatable bonds is 1. The lowest BCUT2D eigenvalue weighted by atomic mass is 10.0. The van der Waals surface area contributed by atoms with E-state index in [0.717, 1.165) is 6.07 Å². The number of nitrogens with two attached hydrogens (primary N) is 1. The van der Waals surface area contributed by atoms with Crippen LogP contribution in [0.5, 0.6) is 0 Å². The number of alkyl halides is 3. The van der Waals surface area contributed by atoms with Crippen LogP contribution in [-0.2, 0) is 6.18 Å². The van der Waals surface area contributed by atoms with Crippen LogP contribution in [0, 0.1) is 0 Å². The van der Waals surface area contributed by atoms with Crippen LogP contribution in [0.25, 0.3) is 0 Å². The fourth-order valence-corrected chi connectivity index (χ4v) is 1.34. The lowest BCUT2D eigenvalue weighted by molar-refractivity contribution is -0.138. The predicted octanol–water partition coefficient (Wildman–Crippen LogP) is 3.80. The van der Waals surface area contributed by atoms with Gasteiger partial charge >= 0.3 is 6.18 Å². The number of hydrogen-bond acceptors (Lipinski definition) is 1. The van der Waals surface area contributed by atoms with Crippen LogP contribution in [0.2, 0.25) is 5.02 Å². The first-order chi connectivity index (χ1) is 6.32. The van der Waals surface area contributed by atoms with Gasteiger partial charge in [-0.15, -0.1) is 12.4 Å². The summed E-state index contributed by atoms with van der Waals surface area (Å²) in [5, 5.41) is 0.0572. The van der Waals surface area contributed by atoms with E-state index in [2.05, 4.69) is 0 Å². The van der Waals surface area contributed by atoms with Crippen LogP contribution in [0.1, 0.15) is 24.1 Å². The van der Waals surface area contributed by atoms with Gasteiger partial charge in [-0.05, 0) is 24.6 Å². The van der Waals surface area contributed by atoms with E-state index in [1.807, 2.05) is 0 Å². The van der Waals surface area contributed by atoms with E-state index in [-0.39, 0.29) is 23.0 Å². The highest BCUT2D eigenvalue weighted by Crippen LogP contribution is 2.35. The van der Waals surface area contributed by atoms with Crippen molar-refractivity contribution in [2.75, 3.05) is 0 Å². The first-order valence-corrected chi connectivity index (χ1v) is 4.32. The van der Waals surface area contributed by atoms with E-state index in [0.29, 0.717) is 0 Å². The second-order valence-corrected chi connectivity index (χ2v) is 3.45. The highest BCUT2D eigenvalue weighted by Gasteiger charge is 2.34. The Kier molecular flexibility index (Phi) is 4.90. The second kappa shape index (κ2) is 5.05. The van der Waals surface area contributed by atoms with Crippen LogP contribution in [0.3, 0.4) is 0 Å². The average molecular weight is 260 g/mol. The summed E-state index contributed by atoms with van der Waals surface area (Å²) in [4.78, 5) is 0. The van der Waals surface area contributed by atoms with E-state index in [1.54, 1.807) is 0 Å². The summed E-state index contributed by atoms with van der Waals surface area (Å²) < 4.78 is 37.4. The molecule has 0 aliphatic rings. The SMILES string of the molecule is CC(N)c1ccc(Cl)cc1C(F)(F)F.Cl. The molecule has 1 nitrogen and oxygen atoms in total. The van der Waals surface area contributed by atoms with Gasteiger partial charge in [0.1, 0.15) is 0 Å². The van der Waals surface area contributed by atoms with Crippen molar-refractivity contribution in [1.82, 2.24) is 0 Å². The summed E-state index contributed by atoms with van der Waals surface area (Å²) in [5.74, 6) is 0. The van der Waals surface area contributed by atoms with Gasteiger partial charge in [0, 0.05) is 11.1 Å². The van der Waals surface area contributed by atoms with Crippen molar-refractivity contribution >= 4 is 24.0 Å². The van der Waals surface area contributed by atoms with Gasteiger partial charge in [-0.2, -0.15) is 13.2 Å². The minimum Gasteiger partial charge on any atom is -0.324 e. The Bertz CT molecular complexity index is 337. The first kappa shape index (κ1) is 14.5. The molecule has 0 saturated heterocycles. The molecule has 1 unspecified atom stereocenters. The third kappa shape index (κ3) is 3.55. The molecule has 6 heteroatoms. The van der Waals surface area contributed by atoms with Gasteiger partial charge in [0.15, 0.2) is 0 Å². The van der Waals surface area contributed by atoms with Gasteiger partial charge in [-0.25, -0.2) is 0 Å². The van der Waals surface area contributed by atoms with Crippen LogP contribution in [0.4, 0.5) is 13.2 Å². The normalized spacial score (nSPS) is 13.2. The molecule has 0 heterocycles. The molecule has 0 fully saturated rings. The molecule has 15 heavy (non-hydrogen) atoms. The van der Waals surface area contributed by atoms with Crippen molar-refractivity contribution in [3.63, 3.8) is 0 Å². The third-order valence-corrected chi connectivity index (χ3v) is 2.05. The molecule has 0 aliphatic carbocycles. The molecule has 0 aliphatic heterocycles. The van der Waals surface area contributed by atoms with E-state index in [1.165, 1.54) is 19.1 Å². The highest BCUT2D eigenvalue weighted by atomic mass is 35.5. The van der Waals surface area contributed by atoms with Crippen molar-refractivity contribution in [3.8, 4) is 0 Å². The molecule has 0 aromatic heterocycles. The Morgan fingerprint density at radius 1 is 1.33 bits per heavy atom. The van der Waals surface area contributed by atoms with E-state index >= 15 is 0 Å². The number of halogens is 5. The van der Waals surface area contributed by atoms with Crippen molar-refractivity contribution in [2.24, 2.45) is 5.73 Å². The van der Waals surface area contributed by atoms with E-state index < -0.39 is 17.8 Å². The maximum absolute atomic E-state index is 12.5. The van der Waals surface area contributed by atoms with Crippen LogP contribution in [-0.4, -0.2) is 0 Å². The minimum atomic E-state index is -4.41. The standard InChI is InChI=1S/C9H9ClF3N.ClH/c1-5(14)7-3-2-6(10)4-8(7)9(11,12)13;/h2-5H,14H2,1H3;1H. The molecule has 0 radical (unpaired) electrons. The zero-order valence-electron chi connectivity index (χ0n) is 7.81. The van der Waals surface area contributed by atoms with Crippen LogP contribution in [0.15, 0.2) is 18.2 Å². The number of benzene rings is 1. The summed E-state index contributed by atoms with van der Waals surface area (Å²) in [7, 11) is 0. The maximum Gasteiger partial charge on any atom is 0.416 e. The van der Waals surface area contributed by atoms with Crippen molar-refractivity contribution in [3.05, 3.63) is 34.3 Å². The summed E-state index contributed by atoms with van der Waals surface area (Å²) in [6, 6.07) is 2.93. The Balaban J connectivity index is 0.00000196. The molecular formula is C9H10Cl2F3N. The van der Waals surface area contributed by atoms with Crippen molar-refractivity contribution in [2.45, 2.75) is 19.1 Å². The highest BCUT2D eigenvalue weighted by molar-refractivity contribution is 6.30. The Morgan fingerprint density at radius 2 is 1.87 bits per heavy atom. The molecule has 0 amide bonds. The van der Waals surface area contributed by atoms with Gasteiger partial charge in [-0.1, -0.05) is 17.7 Å². The zero-order valence-corrected chi connectivity index (χ0v) is 9.38. The minimum absolute atomic E-state index is 0. The average Bonchev–Trinajstić information content (AvgIpc) is 2.01. The Morgan fingerprint density at radius 3 is 2.27 bits per heavy atom. The maximum atomic E-state index is 12.5. The zero-order chi connectivity index (χ0) is 10.9. The fourth-order valence-electron chi connectivity index (χ4n) is 1.17. The monoisotopic (exact) mass is 259 g/mol. The molecule has 1 aromatic rings. The summed E-state index contributed by atoms with van der Waals surface area (Å²) in [6.45, 7) is 1.50. The van der Waals surface area contributed by atoms with Crippen molar-refractivity contribution in [1.29, 1.82) is 0 Å². The first-order valence-electron chi connectivity index (χ1n) is 3.94. The molecule has 2 N–H and O–H groups in total. The molecule has 86 valence electrons. The molecule has 1 aromatic carbocycles. The summed E-state index contributed by atoms with van der Waals surface area (Å²) >= 11 is 5.49. The second-order valence-electron chi connectivity index (χ2n) is 3.02. The van der Waals surface area contributed by atoms with Crippen molar-refractivity contribution < 1.29 is 13.2 Å². The molecule has 0 saturated carbocycles. The van der Waals surface area contributed by atoms with Gasteiger partial charge in [-0.3, -0.25) is 0 Å². The lowest BCUT2D eigenvalue weighted by Gasteiger charge is -2.15. The third-order valence-electron chi connectivity index (χ3n) is 1.81. The largest absolute Gasteiger partial charge is 0.416 e. The topological polar surface area (TPSA) is 26.0 Å². The lowest BCUT2D eigenvalue weighted by Crippen LogP contribution is -2.15. The Labute approximate surface area is 96.8 Å². The summed E-state index contributed by atoms with van der Waals surface area (Å²) in [5.41, 5.74) is 4.71. The van der Waals surface area contributed by atoms with E-state index in [9.17, 15) is 13.2 Å². The van der Waals surface area contributed by atoms with Gasteiger partial charge in [0.25, 0.3) is 0 Å². The fraction of sp³-hybridized carbons (Fsp3) is 0.333. The molecule has 0 bridgehead atoms. The smallest absolute Gasteiger partial charge is 0.324 e. The molecular weight excluding hydrogens is 250 g/mol. The molecule has 1 atom stereocenters. The van der Waals surface area contributed by atoms with Crippen LogP contribution < -0.4 is 5.73 Å². The van der Waals surface area contributed by atoms with Gasteiger partial charge in [0.2, 0.25) is 0 Å². The molecule has 0 spiro atoms. The molecule has 1 rings (SSSR count). The quantitative estimate of drug-likeness (QED) is 0.816. The summed E-state index contributed by atoms with van der Waals surface area (Å²) in [6.07, 6.45) is -4.41. The van der Waals surface area contributed by atoms with E-state index in [4.69, 9.17) is 17.3 Å².